The number of benzene rings is 1. The van der Waals surface area contributed by atoms with Gasteiger partial charge in [-0.1, -0.05) is 17.7 Å². The van der Waals surface area contributed by atoms with E-state index in [0.29, 0.717) is 17.6 Å². The third-order valence-corrected chi connectivity index (χ3v) is 4.82. The number of likely N-dealkylation sites (tertiary alicyclic amines) is 1. The molecule has 1 fully saturated rings. The van der Waals surface area contributed by atoms with Crippen LogP contribution < -0.4 is 10.6 Å². The van der Waals surface area contributed by atoms with Crippen LogP contribution in [0.1, 0.15) is 17.7 Å². The molecular weight excluding hydrogens is 332 g/mol. The smallest absolute Gasteiger partial charge is 0.238 e. The first-order chi connectivity index (χ1) is 11.2. The van der Waals surface area contributed by atoms with Crippen molar-refractivity contribution in [2.24, 2.45) is 0 Å². The first-order valence-corrected chi connectivity index (χ1v) is 8.85. The molecule has 0 saturated carbocycles. The lowest BCUT2D eigenvalue weighted by Crippen LogP contribution is -2.30. The average molecular weight is 351 g/mol. The number of carbonyl (C=O) groups excluding carboxylic acids is 1. The number of rotatable bonds is 6. The van der Waals surface area contributed by atoms with Gasteiger partial charge in [-0.25, -0.2) is 4.98 Å². The van der Waals surface area contributed by atoms with Crippen LogP contribution >= 0.6 is 22.9 Å². The van der Waals surface area contributed by atoms with Crippen LogP contribution in [0.2, 0.25) is 4.47 Å². The lowest BCUT2D eigenvalue weighted by molar-refractivity contribution is -0.117. The van der Waals surface area contributed by atoms with E-state index < -0.39 is 0 Å². The number of thiazole rings is 1. The van der Waals surface area contributed by atoms with Crippen molar-refractivity contribution < 1.29 is 4.79 Å². The molecule has 1 saturated heterocycles. The minimum Gasteiger partial charge on any atom is -0.380 e. The third kappa shape index (κ3) is 4.92. The number of nitrogens with zero attached hydrogens (tertiary/aromatic N) is 2. The Bertz CT molecular complexity index is 670. The molecule has 2 N–H and O–H groups in total. The SMILES string of the molecule is O=C(CN1CCCC1)Nc1cccc(NCc2cnc(Cl)s2)c1. The van der Waals surface area contributed by atoms with E-state index in [2.05, 4.69) is 20.5 Å². The molecule has 1 amide bonds. The Balaban J connectivity index is 1.53. The van der Waals surface area contributed by atoms with Crippen molar-refractivity contribution in [3.8, 4) is 0 Å². The Hall–Kier alpha value is -1.63. The van der Waals surface area contributed by atoms with Gasteiger partial charge in [0, 0.05) is 22.4 Å². The molecule has 3 rings (SSSR count). The van der Waals surface area contributed by atoms with E-state index in [-0.39, 0.29) is 5.91 Å². The molecule has 122 valence electrons. The highest BCUT2D eigenvalue weighted by Crippen LogP contribution is 2.20. The predicted octanol–water partition coefficient (Wildman–Crippen LogP) is 3.44. The van der Waals surface area contributed by atoms with Crippen molar-refractivity contribution in [1.82, 2.24) is 9.88 Å². The summed E-state index contributed by atoms with van der Waals surface area (Å²) in [5, 5.41) is 6.27. The molecule has 7 heteroatoms. The molecule has 0 aliphatic carbocycles. The van der Waals surface area contributed by atoms with Gasteiger partial charge in [0.1, 0.15) is 0 Å². The van der Waals surface area contributed by atoms with Crippen LogP contribution in [0.3, 0.4) is 0 Å². The first kappa shape index (κ1) is 16.2. The summed E-state index contributed by atoms with van der Waals surface area (Å²) in [7, 11) is 0. The molecule has 1 aliphatic heterocycles. The molecule has 5 nitrogen and oxygen atoms in total. The second-order valence-electron chi connectivity index (χ2n) is 5.55. The number of amides is 1. The minimum absolute atomic E-state index is 0.0401. The number of hydrogen-bond acceptors (Lipinski definition) is 5. The lowest BCUT2D eigenvalue weighted by Gasteiger charge is -2.14. The zero-order valence-electron chi connectivity index (χ0n) is 12.7. The van der Waals surface area contributed by atoms with Crippen LogP contribution in [-0.2, 0) is 11.3 Å². The Labute approximate surface area is 144 Å². The van der Waals surface area contributed by atoms with Gasteiger partial charge in [0.05, 0.1) is 13.1 Å². The molecule has 0 spiro atoms. The molecule has 0 unspecified atom stereocenters. The largest absolute Gasteiger partial charge is 0.380 e. The summed E-state index contributed by atoms with van der Waals surface area (Å²) < 4.78 is 0.546. The topological polar surface area (TPSA) is 57.3 Å². The maximum atomic E-state index is 12.1. The maximum absolute atomic E-state index is 12.1. The number of aromatic nitrogens is 1. The fraction of sp³-hybridized carbons (Fsp3) is 0.375. The first-order valence-electron chi connectivity index (χ1n) is 7.65. The second-order valence-corrected chi connectivity index (χ2v) is 7.24. The lowest BCUT2D eigenvalue weighted by atomic mass is 10.2. The van der Waals surface area contributed by atoms with Gasteiger partial charge >= 0.3 is 0 Å². The van der Waals surface area contributed by atoms with Gasteiger partial charge in [0.15, 0.2) is 4.47 Å². The van der Waals surface area contributed by atoms with Gasteiger partial charge in [-0.05, 0) is 44.1 Å². The number of anilines is 2. The highest BCUT2D eigenvalue weighted by Gasteiger charge is 2.15. The minimum atomic E-state index is 0.0401. The summed E-state index contributed by atoms with van der Waals surface area (Å²) in [5.74, 6) is 0.0401. The molecule has 1 aliphatic rings. The monoisotopic (exact) mass is 350 g/mol. The van der Waals surface area contributed by atoms with Crippen LogP contribution in [0.4, 0.5) is 11.4 Å². The van der Waals surface area contributed by atoms with Gasteiger partial charge < -0.3 is 10.6 Å². The Morgan fingerprint density at radius 1 is 1.30 bits per heavy atom. The van der Waals surface area contributed by atoms with Crippen LogP contribution in [0.25, 0.3) is 0 Å². The standard InChI is InChI=1S/C16H19ClN4OS/c17-16-19-10-14(23-16)9-18-12-4-3-5-13(8-12)20-15(22)11-21-6-1-2-7-21/h3-5,8,10,18H,1-2,6-7,9,11H2,(H,20,22). The summed E-state index contributed by atoms with van der Waals surface area (Å²) in [5.41, 5.74) is 1.76. The Morgan fingerprint density at radius 3 is 2.83 bits per heavy atom. The Kier molecular flexibility index (Phi) is 5.48. The normalized spacial score (nSPS) is 14.8. The van der Waals surface area contributed by atoms with Crippen LogP contribution in [0.15, 0.2) is 30.5 Å². The van der Waals surface area contributed by atoms with Crippen molar-refractivity contribution in [1.29, 1.82) is 0 Å². The summed E-state index contributed by atoms with van der Waals surface area (Å²) >= 11 is 7.28. The maximum Gasteiger partial charge on any atom is 0.238 e. The van der Waals surface area contributed by atoms with Crippen molar-refractivity contribution in [2.45, 2.75) is 19.4 Å². The highest BCUT2D eigenvalue weighted by molar-refractivity contribution is 7.15. The quantitative estimate of drug-likeness (QED) is 0.837. The van der Waals surface area contributed by atoms with Crippen molar-refractivity contribution in [3.05, 3.63) is 39.8 Å². The van der Waals surface area contributed by atoms with E-state index in [4.69, 9.17) is 11.6 Å². The number of halogens is 1. The van der Waals surface area contributed by atoms with Gasteiger partial charge in [-0.3, -0.25) is 9.69 Å². The summed E-state index contributed by atoms with van der Waals surface area (Å²) in [6, 6.07) is 7.73. The zero-order valence-corrected chi connectivity index (χ0v) is 14.3. The molecule has 2 aromatic rings. The van der Waals surface area contributed by atoms with E-state index in [1.807, 2.05) is 24.3 Å². The molecule has 23 heavy (non-hydrogen) atoms. The molecule has 1 aromatic carbocycles. The fourth-order valence-electron chi connectivity index (χ4n) is 2.61. The van der Waals surface area contributed by atoms with E-state index in [1.54, 1.807) is 6.20 Å². The van der Waals surface area contributed by atoms with Crippen molar-refractivity contribution >= 4 is 40.2 Å². The van der Waals surface area contributed by atoms with Crippen molar-refractivity contribution in [2.75, 3.05) is 30.3 Å². The van der Waals surface area contributed by atoms with Gasteiger partial charge in [-0.15, -0.1) is 11.3 Å². The zero-order chi connectivity index (χ0) is 16.1. The van der Waals surface area contributed by atoms with Gasteiger partial charge in [0.2, 0.25) is 5.91 Å². The van der Waals surface area contributed by atoms with E-state index in [1.165, 1.54) is 24.2 Å². The van der Waals surface area contributed by atoms with Crippen LogP contribution in [0, 0.1) is 0 Å². The van der Waals surface area contributed by atoms with Crippen LogP contribution in [0.5, 0.6) is 0 Å². The van der Waals surface area contributed by atoms with E-state index >= 15 is 0 Å². The average Bonchev–Trinajstić information content (AvgIpc) is 3.17. The molecule has 1 aromatic heterocycles. The number of hydrogen-bond donors (Lipinski definition) is 2. The van der Waals surface area contributed by atoms with Crippen molar-refractivity contribution in [3.63, 3.8) is 0 Å². The summed E-state index contributed by atoms with van der Waals surface area (Å²) in [4.78, 5) is 19.3. The number of carbonyl (C=O) groups is 1. The summed E-state index contributed by atoms with van der Waals surface area (Å²) in [6.45, 7) is 3.17. The van der Waals surface area contributed by atoms with Gasteiger partial charge in [-0.2, -0.15) is 0 Å². The molecule has 0 atom stereocenters. The van der Waals surface area contributed by atoms with Crippen LogP contribution in [-0.4, -0.2) is 35.4 Å². The van der Waals surface area contributed by atoms with E-state index in [0.717, 1.165) is 29.3 Å². The predicted molar refractivity (Wildman–Crippen MR) is 95.2 cm³/mol. The Morgan fingerprint density at radius 2 is 2.09 bits per heavy atom. The number of nitrogens with one attached hydrogen (secondary N) is 2. The molecule has 2 heterocycles. The molecule has 0 radical (unpaired) electrons. The highest BCUT2D eigenvalue weighted by atomic mass is 35.5. The second kappa shape index (κ2) is 7.77. The summed E-state index contributed by atoms with van der Waals surface area (Å²) in [6.07, 6.45) is 4.14. The fourth-order valence-corrected chi connectivity index (χ4v) is 3.52. The third-order valence-electron chi connectivity index (χ3n) is 3.70. The molecular formula is C16H19ClN4OS. The van der Waals surface area contributed by atoms with Gasteiger partial charge in [0.25, 0.3) is 0 Å². The van der Waals surface area contributed by atoms with E-state index in [9.17, 15) is 4.79 Å². The molecule has 0 bridgehead atoms.